The second-order valence-electron chi connectivity index (χ2n) is 5.95. The number of piperazine rings is 1. The largest absolute Gasteiger partial charge is 0.443 e. The van der Waals surface area contributed by atoms with Crippen molar-refractivity contribution in [1.29, 1.82) is 5.26 Å². The number of carbonyl (C=O) groups is 1. The minimum absolute atomic E-state index is 0.0345. The number of oxazole rings is 1. The van der Waals surface area contributed by atoms with Crippen molar-refractivity contribution in [2.45, 2.75) is 0 Å². The molecule has 124 valence electrons. The van der Waals surface area contributed by atoms with Gasteiger partial charge in [0.05, 0.1) is 17.2 Å². The molecule has 0 spiro atoms. The molecular formula is C19H16N4O2. The van der Waals surface area contributed by atoms with Crippen molar-refractivity contribution in [2.24, 2.45) is 0 Å². The van der Waals surface area contributed by atoms with Crippen LogP contribution in [0.4, 0.5) is 5.69 Å². The van der Waals surface area contributed by atoms with Crippen molar-refractivity contribution in [1.82, 2.24) is 9.88 Å². The van der Waals surface area contributed by atoms with Gasteiger partial charge in [0.25, 0.3) is 5.91 Å². The number of aromatic nitrogens is 1. The summed E-state index contributed by atoms with van der Waals surface area (Å²) in [6, 6.07) is 15.1. The summed E-state index contributed by atoms with van der Waals surface area (Å²) in [7, 11) is 0. The number of para-hydroxylation sites is 1. The van der Waals surface area contributed by atoms with Crippen LogP contribution in [0.15, 0.2) is 53.3 Å². The van der Waals surface area contributed by atoms with Crippen LogP contribution in [0.5, 0.6) is 0 Å². The average Bonchev–Trinajstić information content (AvgIpc) is 3.16. The molecule has 2 aromatic carbocycles. The molecule has 6 heteroatoms. The van der Waals surface area contributed by atoms with Crippen LogP contribution in [0.3, 0.4) is 0 Å². The normalized spacial score (nSPS) is 14.5. The summed E-state index contributed by atoms with van der Waals surface area (Å²) in [5.74, 6) is -0.0345. The minimum atomic E-state index is -0.0345. The van der Waals surface area contributed by atoms with E-state index >= 15 is 0 Å². The molecule has 0 atom stereocenters. The van der Waals surface area contributed by atoms with Crippen molar-refractivity contribution in [3.8, 4) is 6.07 Å². The van der Waals surface area contributed by atoms with Gasteiger partial charge in [-0.05, 0) is 30.3 Å². The number of benzene rings is 2. The first-order valence-electron chi connectivity index (χ1n) is 8.13. The molecule has 1 aliphatic rings. The second kappa shape index (κ2) is 6.29. The van der Waals surface area contributed by atoms with Crippen LogP contribution in [0.1, 0.15) is 15.9 Å². The van der Waals surface area contributed by atoms with E-state index in [0.717, 1.165) is 18.8 Å². The summed E-state index contributed by atoms with van der Waals surface area (Å²) in [6.45, 7) is 2.71. The Morgan fingerprint density at radius 3 is 2.72 bits per heavy atom. The van der Waals surface area contributed by atoms with Gasteiger partial charge in [-0.1, -0.05) is 12.1 Å². The molecule has 0 radical (unpaired) electrons. The van der Waals surface area contributed by atoms with Gasteiger partial charge >= 0.3 is 0 Å². The van der Waals surface area contributed by atoms with Crippen molar-refractivity contribution in [2.75, 3.05) is 31.1 Å². The van der Waals surface area contributed by atoms with Gasteiger partial charge in [-0.2, -0.15) is 5.26 Å². The van der Waals surface area contributed by atoms with Crippen LogP contribution < -0.4 is 4.90 Å². The summed E-state index contributed by atoms with van der Waals surface area (Å²) in [5.41, 5.74) is 3.45. The molecule has 0 saturated carbocycles. The Hall–Kier alpha value is -3.33. The van der Waals surface area contributed by atoms with Crippen LogP contribution in [-0.2, 0) is 0 Å². The monoisotopic (exact) mass is 332 g/mol. The number of anilines is 1. The quantitative estimate of drug-likeness (QED) is 0.721. The van der Waals surface area contributed by atoms with Gasteiger partial charge in [-0.15, -0.1) is 0 Å². The molecule has 4 rings (SSSR count). The molecule has 0 N–H and O–H groups in total. The fourth-order valence-corrected chi connectivity index (χ4v) is 3.16. The molecule has 25 heavy (non-hydrogen) atoms. The molecule has 0 aliphatic carbocycles. The molecule has 6 nitrogen and oxygen atoms in total. The number of carbonyl (C=O) groups excluding carboxylic acids is 1. The molecule has 0 bridgehead atoms. The number of nitriles is 1. The maximum Gasteiger partial charge on any atom is 0.257 e. The van der Waals surface area contributed by atoms with Crippen molar-refractivity contribution >= 4 is 22.7 Å². The highest BCUT2D eigenvalue weighted by Gasteiger charge is 2.24. The Bertz CT molecular complexity index is 965. The summed E-state index contributed by atoms with van der Waals surface area (Å²) in [6.07, 6.45) is 1.36. The highest BCUT2D eigenvalue weighted by Crippen LogP contribution is 2.22. The second-order valence-corrected chi connectivity index (χ2v) is 5.95. The van der Waals surface area contributed by atoms with E-state index in [4.69, 9.17) is 9.68 Å². The standard InChI is InChI=1S/C19H16N4O2/c20-12-14-3-1-4-15(11-14)22-7-9-23(10-8-22)19(24)16-5-2-6-17-18(16)25-13-21-17/h1-6,11,13H,7-10H2. The fraction of sp³-hybridized carbons (Fsp3) is 0.211. The lowest BCUT2D eigenvalue weighted by atomic mass is 10.1. The smallest absolute Gasteiger partial charge is 0.257 e. The molecule has 0 unspecified atom stereocenters. The van der Waals surface area contributed by atoms with E-state index in [1.54, 1.807) is 12.1 Å². The van der Waals surface area contributed by atoms with Crippen LogP contribution >= 0.6 is 0 Å². The predicted octanol–water partition coefficient (Wildman–Crippen LogP) is 2.66. The predicted molar refractivity (Wildman–Crippen MR) is 93.3 cm³/mol. The van der Waals surface area contributed by atoms with Crippen LogP contribution in [-0.4, -0.2) is 42.0 Å². The van der Waals surface area contributed by atoms with Gasteiger partial charge < -0.3 is 14.2 Å². The van der Waals surface area contributed by atoms with Gasteiger partial charge in [0, 0.05) is 31.9 Å². The van der Waals surface area contributed by atoms with Crippen LogP contribution in [0.25, 0.3) is 11.1 Å². The molecule has 3 aromatic rings. The maximum atomic E-state index is 12.8. The maximum absolute atomic E-state index is 12.8. The molecule has 1 amide bonds. The lowest BCUT2D eigenvalue weighted by Gasteiger charge is -2.36. The number of hydrogen-bond donors (Lipinski definition) is 0. The lowest BCUT2D eigenvalue weighted by Crippen LogP contribution is -2.48. The zero-order chi connectivity index (χ0) is 17.2. The summed E-state index contributed by atoms with van der Waals surface area (Å²) >= 11 is 0. The van der Waals surface area contributed by atoms with Gasteiger partial charge in [0.1, 0.15) is 5.52 Å². The third-order valence-corrected chi connectivity index (χ3v) is 4.49. The number of nitrogens with zero attached hydrogens (tertiary/aromatic N) is 4. The van der Waals surface area contributed by atoms with Crippen molar-refractivity contribution in [3.05, 3.63) is 60.0 Å². The molecule has 1 aliphatic heterocycles. The van der Waals surface area contributed by atoms with Gasteiger partial charge in [-0.25, -0.2) is 4.98 Å². The van der Waals surface area contributed by atoms with Crippen molar-refractivity contribution in [3.63, 3.8) is 0 Å². The number of amides is 1. The molecule has 2 heterocycles. The Balaban J connectivity index is 1.49. The van der Waals surface area contributed by atoms with E-state index in [2.05, 4.69) is 16.0 Å². The minimum Gasteiger partial charge on any atom is -0.443 e. The summed E-state index contributed by atoms with van der Waals surface area (Å²) in [5, 5.41) is 9.03. The SMILES string of the molecule is N#Cc1cccc(N2CCN(C(=O)c3cccc4ncoc34)CC2)c1. The first kappa shape index (κ1) is 15.2. The highest BCUT2D eigenvalue weighted by atomic mass is 16.3. The Morgan fingerprint density at radius 2 is 1.92 bits per heavy atom. The first-order valence-corrected chi connectivity index (χ1v) is 8.13. The van der Waals surface area contributed by atoms with E-state index in [1.807, 2.05) is 35.2 Å². The van der Waals surface area contributed by atoms with Crippen LogP contribution in [0, 0.1) is 11.3 Å². The average molecular weight is 332 g/mol. The third-order valence-electron chi connectivity index (χ3n) is 4.49. The van der Waals surface area contributed by atoms with Gasteiger partial charge in [0.2, 0.25) is 0 Å². The topological polar surface area (TPSA) is 73.4 Å². The lowest BCUT2D eigenvalue weighted by molar-refractivity contribution is 0.0747. The van der Waals surface area contributed by atoms with E-state index in [0.29, 0.717) is 35.3 Å². The molecular weight excluding hydrogens is 316 g/mol. The molecule has 1 aromatic heterocycles. The fourth-order valence-electron chi connectivity index (χ4n) is 3.16. The summed E-state index contributed by atoms with van der Waals surface area (Å²) < 4.78 is 5.38. The van der Waals surface area contributed by atoms with Crippen LogP contribution in [0.2, 0.25) is 0 Å². The summed E-state index contributed by atoms with van der Waals surface area (Å²) in [4.78, 5) is 21.0. The van der Waals surface area contributed by atoms with Crippen molar-refractivity contribution < 1.29 is 9.21 Å². The Morgan fingerprint density at radius 1 is 1.12 bits per heavy atom. The van der Waals surface area contributed by atoms with E-state index in [9.17, 15) is 4.79 Å². The number of fused-ring (bicyclic) bond motifs is 1. The van der Waals surface area contributed by atoms with E-state index in [-0.39, 0.29) is 5.91 Å². The highest BCUT2D eigenvalue weighted by molar-refractivity contribution is 6.04. The van der Waals surface area contributed by atoms with E-state index < -0.39 is 0 Å². The van der Waals surface area contributed by atoms with E-state index in [1.165, 1.54) is 6.39 Å². The van der Waals surface area contributed by atoms with Gasteiger partial charge in [-0.3, -0.25) is 4.79 Å². The first-order chi connectivity index (χ1) is 12.3. The third kappa shape index (κ3) is 2.81. The molecule has 1 saturated heterocycles. The zero-order valence-corrected chi connectivity index (χ0v) is 13.6. The number of hydrogen-bond acceptors (Lipinski definition) is 5. The zero-order valence-electron chi connectivity index (χ0n) is 13.6. The van der Waals surface area contributed by atoms with Gasteiger partial charge in [0.15, 0.2) is 12.0 Å². The Labute approximate surface area is 144 Å². The number of rotatable bonds is 2. The Kier molecular flexibility index (Phi) is 3.82. The molecule has 1 fully saturated rings.